The summed E-state index contributed by atoms with van der Waals surface area (Å²) in [5, 5.41) is 0. The highest BCUT2D eigenvalue weighted by Crippen LogP contribution is 1.57. The van der Waals surface area contributed by atoms with Crippen LogP contribution in [0.2, 0.25) is 0 Å². The van der Waals surface area contributed by atoms with Crippen LogP contribution >= 0.6 is 11.1 Å². The van der Waals surface area contributed by atoms with Crippen LogP contribution in [-0.2, 0) is 0 Å². The fourth-order valence-electron chi connectivity index (χ4n) is 0.109. The predicted molar refractivity (Wildman–Crippen MR) is 40.0 cm³/mol. The van der Waals surface area contributed by atoms with Crippen molar-refractivity contribution in [2.24, 2.45) is 0 Å². The molecule has 0 aromatic heterocycles. The van der Waals surface area contributed by atoms with Gasteiger partial charge in [-0.2, -0.15) is 11.1 Å². The monoisotopic (exact) mass is 155 g/mol. The van der Waals surface area contributed by atoms with E-state index in [4.69, 9.17) is 11.1 Å². The zero-order chi connectivity index (χ0) is 4.12. The normalized spacial score (nSPS) is 13.8. The van der Waals surface area contributed by atoms with Gasteiger partial charge in [-0.25, -0.2) is 0 Å². The van der Waals surface area contributed by atoms with Gasteiger partial charge in [-0.1, -0.05) is 0 Å². The van der Waals surface area contributed by atoms with E-state index >= 15 is 0 Å². The molecule has 0 nitrogen and oxygen atoms in total. The second-order valence-electron chi connectivity index (χ2n) is 0.943. The first-order valence-corrected chi connectivity index (χ1v) is 16.5. The quantitative estimate of drug-likeness (QED) is 0.295. The van der Waals surface area contributed by atoms with Crippen molar-refractivity contribution in [3.63, 3.8) is 0 Å². The first kappa shape index (κ1) is 6.16. The summed E-state index contributed by atoms with van der Waals surface area (Å²) in [6, 6.07) is 0. The van der Waals surface area contributed by atoms with Gasteiger partial charge in [0.25, 0.3) is 0 Å². The van der Waals surface area contributed by atoms with Gasteiger partial charge in [0.1, 0.15) is 8.35 Å². The number of hydrogen-bond acceptors (Lipinski definition) is 0. The zero-order valence-electron chi connectivity index (χ0n) is 3.37. The smallest absolute Gasteiger partial charge is 0.125 e. The largest absolute Gasteiger partial charge is 0.179 e. The van der Waals surface area contributed by atoms with Crippen molar-refractivity contribution < 1.29 is 0 Å². The molecule has 0 aliphatic rings. The summed E-state index contributed by atoms with van der Waals surface area (Å²) in [7, 11) is 3.11. The highest BCUT2D eigenvalue weighted by Gasteiger charge is 1.75. The van der Waals surface area contributed by atoms with Gasteiger partial charge in [0.05, 0.1) is 0 Å². The zero-order valence-corrected chi connectivity index (χ0v) is 10.1. The van der Waals surface area contributed by atoms with Gasteiger partial charge in [0.15, 0.2) is 0 Å². The van der Waals surface area contributed by atoms with Crippen molar-refractivity contribution in [1.82, 2.24) is 0 Å². The molecule has 0 fully saturated rings. The molecule has 0 saturated heterocycles. The molecule has 0 N–H and O–H groups in total. The molecule has 0 aromatic carbocycles. The fourth-order valence-corrected chi connectivity index (χ4v) is 26.5. The van der Waals surface area contributed by atoms with Crippen molar-refractivity contribution in [1.29, 1.82) is 0 Å². The van der Waals surface area contributed by atoms with E-state index < -0.39 is 0 Å². The molecule has 0 unspecified atom stereocenters. The minimum Gasteiger partial charge on any atom is -0.179 e. The molecular formula is H8ClSi4. The SMILES string of the molecule is [SiH3][SiH2][SiH2][SiH]Cl. The molecule has 31 valence electrons. The lowest BCUT2D eigenvalue weighted by atomic mass is 26.5. The fraction of sp³-hybridized carbons (Fsp3) is 0. The van der Waals surface area contributed by atoms with E-state index in [1.165, 1.54) is 9.76 Å². The summed E-state index contributed by atoms with van der Waals surface area (Å²) >= 11 is 5.50. The summed E-state index contributed by atoms with van der Waals surface area (Å²) in [5.74, 6) is 0. The maximum absolute atomic E-state index is 5.50. The molecular weight excluding hydrogens is 148 g/mol. The van der Waals surface area contributed by atoms with Gasteiger partial charge in [0.2, 0.25) is 0 Å². The first-order valence-electron chi connectivity index (χ1n) is 1.83. The Labute approximate surface area is 46.6 Å². The molecule has 0 heterocycles. The Balaban J connectivity index is 2.19. The van der Waals surface area contributed by atoms with Crippen LogP contribution < -0.4 is 0 Å². The highest BCUT2D eigenvalue weighted by molar-refractivity contribution is 7.50. The van der Waals surface area contributed by atoms with Crippen molar-refractivity contribution >= 4 is 46.3 Å². The Morgan fingerprint density at radius 3 is 2.40 bits per heavy atom. The molecule has 0 bridgehead atoms. The molecule has 5 heteroatoms. The van der Waals surface area contributed by atoms with Crippen LogP contribution in [0.15, 0.2) is 0 Å². The lowest BCUT2D eigenvalue weighted by Gasteiger charge is -1.72. The van der Waals surface area contributed by atoms with Gasteiger partial charge in [-0.05, 0) is 18.3 Å². The molecule has 0 aliphatic carbocycles. The third kappa shape index (κ3) is 5.16. The van der Waals surface area contributed by atoms with Crippen molar-refractivity contribution in [2.75, 3.05) is 0 Å². The Kier molecular flexibility index (Phi) is 6.35. The Morgan fingerprint density at radius 2 is 2.40 bits per heavy atom. The Hall–Kier alpha value is 1.16. The number of hydrogen-bond donors (Lipinski definition) is 0. The van der Waals surface area contributed by atoms with Crippen LogP contribution in [0.1, 0.15) is 0 Å². The molecule has 5 heavy (non-hydrogen) atoms. The van der Waals surface area contributed by atoms with Crippen LogP contribution in [0.4, 0.5) is 0 Å². The minimum atomic E-state index is 0.481. The van der Waals surface area contributed by atoms with Gasteiger partial charge in [-0.15, -0.1) is 0 Å². The lowest BCUT2D eigenvalue weighted by Crippen LogP contribution is -2.06. The van der Waals surface area contributed by atoms with Gasteiger partial charge in [0, 0.05) is 8.55 Å². The predicted octanol–water partition coefficient (Wildman–Crippen LogP) is -2.98. The van der Waals surface area contributed by atoms with Crippen LogP contribution in [-0.4, -0.2) is 35.2 Å². The second-order valence-corrected chi connectivity index (χ2v) is 25.5. The van der Waals surface area contributed by atoms with E-state index in [0.29, 0.717) is 25.5 Å². The van der Waals surface area contributed by atoms with Crippen LogP contribution in [0.25, 0.3) is 0 Å². The van der Waals surface area contributed by atoms with Gasteiger partial charge >= 0.3 is 0 Å². The van der Waals surface area contributed by atoms with E-state index in [1.54, 1.807) is 0 Å². The van der Waals surface area contributed by atoms with Crippen molar-refractivity contribution in [3.8, 4) is 0 Å². The minimum absolute atomic E-state index is 0.481. The summed E-state index contributed by atoms with van der Waals surface area (Å²) < 4.78 is 0. The van der Waals surface area contributed by atoms with Gasteiger partial charge < -0.3 is 0 Å². The average Bonchev–Trinajstić information content (AvgIpc) is 1.41. The standard InChI is InChI=1S/ClH8Si4/c1-3-5-4-2/h3H,4-5H2,2H3. The van der Waals surface area contributed by atoms with E-state index in [1.807, 2.05) is 0 Å². The highest BCUT2D eigenvalue weighted by atomic mass is 35.6. The Bertz CT molecular complexity index is 11.1. The van der Waals surface area contributed by atoms with Crippen molar-refractivity contribution in [2.45, 2.75) is 0 Å². The van der Waals surface area contributed by atoms with Gasteiger partial charge in [-0.3, -0.25) is 0 Å². The molecule has 0 amide bonds. The number of rotatable bonds is 2. The second kappa shape index (κ2) is 5.16. The average molecular weight is 156 g/mol. The summed E-state index contributed by atoms with van der Waals surface area (Å²) in [4.78, 5) is 0. The molecule has 0 rings (SSSR count). The van der Waals surface area contributed by atoms with Crippen molar-refractivity contribution in [3.05, 3.63) is 0 Å². The molecule has 0 saturated carbocycles. The molecule has 1 radical (unpaired) electrons. The molecule has 0 spiro atoms. The molecule has 0 atom stereocenters. The van der Waals surface area contributed by atoms with E-state index in [-0.39, 0.29) is 0 Å². The summed E-state index contributed by atoms with van der Waals surface area (Å²) in [6.45, 7) is 0. The van der Waals surface area contributed by atoms with Crippen LogP contribution in [0, 0.1) is 0 Å². The number of halogens is 1. The van der Waals surface area contributed by atoms with E-state index in [0.717, 1.165) is 0 Å². The molecule has 0 aromatic rings. The van der Waals surface area contributed by atoms with E-state index in [2.05, 4.69) is 0 Å². The lowest BCUT2D eigenvalue weighted by molar-refractivity contribution is 4.03. The first-order chi connectivity index (χ1) is 2.41. The topological polar surface area (TPSA) is 0 Å². The third-order valence-corrected chi connectivity index (χ3v) is 32.2. The third-order valence-electron chi connectivity index (χ3n) is 0.398. The summed E-state index contributed by atoms with van der Waals surface area (Å²) in [5.41, 5.74) is 0. The van der Waals surface area contributed by atoms with Crippen LogP contribution in [0.5, 0.6) is 0 Å². The molecule has 0 aliphatic heterocycles. The Morgan fingerprint density at radius 1 is 1.80 bits per heavy atom. The maximum Gasteiger partial charge on any atom is 0.125 e. The summed E-state index contributed by atoms with van der Waals surface area (Å²) in [6.07, 6.45) is 0. The van der Waals surface area contributed by atoms with Crippen LogP contribution in [0.3, 0.4) is 0 Å². The maximum atomic E-state index is 5.50. The van der Waals surface area contributed by atoms with E-state index in [9.17, 15) is 0 Å².